The second-order valence-corrected chi connectivity index (χ2v) is 6.15. The minimum Gasteiger partial charge on any atom is -0.493 e. The number of methoxy groups -OCH3 is 3. The molecule has 8 heteroatoms. The zero-order valence-corrected chi connectivity index (χ0v) is 16.2. The van der Waals surface area contributed by atoms with E-state index in [4.69, 9.17) is 23.4 Å². The number of hydrogen-bond acceptors (Lipinski definition) is 8. The average molecular weight is 385 g/mol. The van der Waals surface area contributed by atoms with Gasteiger partial charge in [0, 0.05) is 19.2 Å². The number of aromatic nitrogens is 1. The van der Waals surface area contributed by atoms with Gasteiger partial charge in [0.2, 0.25) is 23.2 Å². The van der Waals surface area contributed by atoms with E-state index in [1.165, 1.54) is 0 Å². The van der Waals surface area contributed by atoms with E-state index in [2.05, 4.69) is 10.3 Å². The number of rotatable bonds is 8. The highest BCUT2D eigenvalue weighted by molar-refractivity contribution is 5.71. The fourth-order valence-corrected chi connectivity index (χ4v) is 2.98. The number of nitrogens with one attached hydrogen (secondary N) is 1. The molecule has 2 heterocycles. The van der Waals surface area contributed by atoms with Crippen molar-refractivity contribution in [3.05, 3.63) is 29.3 Å². The SMILES string of the molecule is COc1cc(/C=C/c2nc(C#N)c(NC[C@@H]3CCCO3)o2)cc(OC)c1OC. The first-order valence-electron chi connectivity index (χ1n) is 8.93. The van der Waals surface area contributed by atoms with Crippen molar-refractivity contribution in [1.29, 1.82) is 5.26 Å². The molecule has 0 spiro atoms. The van der Waals surface area contributed by atoms with E-state index in [1.54, 1.807) is 33.5 Å². The largest absolute Gasteiger partial charge is 0.493 e. The monoisotopic (exact) mass is 385 g/mol. The lowest BCUT2D eigenvalue weighted by molar-refractivity contribution is 0.120. The van der Waals surface area contributed by atoms with Gasteiger partial charge in [-0.2, -0.15) is 10.2 Å². The van der Waals surface area contributed by atoms with Gasteiger partial charge in [0.05, 0.1) is 27.4 Å². The molecule has 1 fully saturated rings. The van der Waals surface area contributed by atoms with Crippen LogP contribution in [0.4, 0.5) is 5.88 Å². The molecule has 1 aromatic heterocycles. The third kappa shape index (κ3) is 4.38. The molecule has 2 aromatic rings. The summed E-state index contributed by atoms with van der Waals surface area (Å²) >= 11 is 0. The molecule has 148 valence electrons. The molecule has 0 amide bonds. The molecular formula is C20H23N3O5. The molecule has 1 saturated heterocycles. The van der Waals surface area contributed by atoms with Gasteiger partial charge in [-0.05, 0) is 36.6 Å². The number of nitrogens with zero attached hydrogens (tertiary/aromatic N) is 2. The maximum Gasteiger partial charge on any atom is 0.232 e. The van der Waals surface area contributed by atoms with E-state index in [0.29, 0.717) is 35.6 Å². The molecule has 0 radical (unpaired) electrons. The number of anilines is 1. The van der Waals surface area contributed by atoms with Gasteiger partial charge in [0.25, 0.3) is 0 Å². The Balaban J connectivity index is 1.77. The lowest BCUT2D eigenvalue weighted by Crippen LogP contribution is -2.18. The Hall–Kier alpha value is -3.18. The maximum atomic E-state index is 9.29. The summed E-state index contributed by atoms with van der Waals surface area (Å²) in [6.07, 6.45) is 5.66. The van der Waals surface area contributed by atoms with Crippen LogP contribution in [0.5, 0.6) is 17.2 Å². The maximum absolute atomic E-state index is 9.29. The van der Waals surface area contributed by atoms with Gasteiger partial charge in [-0.25, -0.2) is 0 Å². The van der Waals surface area contributed by atoms with Gasteiger partial charge in [0.1, 0.15) is 6.07 Å². The van der Waals surface area contributed by atoms with Crippen LogP contribution in [0.2, 0.25) is 0 Å². The molecule has 1 N–H and O–H groups in total. The van der Waals surface area contributed by atoms with Crippen LogP contribution in [-0.2, 0) is 4.74 Å². The van der Waals surface area contributed by atoms with Crippen LogP contribution in [0.25, 0.3) is 12.2 Å². The summed E-state index contributed by atoms with van der Waals surface area (Å²) in [5, 5.41) is 12.4. The molecule has 1 aromatic carbocycles. The van der Waals surface area contributed by atoms with Gasteiger partial charge in [-0.3, -0.25) is 0 Å². The van der Waals surface area contributed by atoms with Crippen molar-refractivity contribution >= 4 is 18.0 Å². The van der Waals surface area contributed by atoms with Crippen LogP contribution in [-0.4, -0.2) is 45.6 Å². The first-order chi connectivity index (χ1) is 13.7. The zero-order chi connectivity index (χ0) is 19.9. The van der Waals surface area contributed by atoms with Gasteiger partial charge in [-0.15, -0.1) is 0 Å². The van der Waals surface area contributed by atoms with E-state index < -0.39 is 0 Å². The van der Waals surface area contributed by atoms with Crippen molar-refractivity contribution in [2.24, 2.45) is 0 Å². The zero-order valence-electron chi connectivity index (χ0n) is 16.2. The normalized spacial score (nSPS) is 16.1. The highest BCUT2D eigenvalue weighted by Gasteiger charge is 2.18. The third-order valence-electron chi connectivity index (χ3n) is 4.37. The first-order valence-corrected chi connectivity index (χ1v) is 8.93. The van der Waals surface area contributed by atoms with Crippen molar-refractivity contribution in [1.82, 2.24) is 4.98 Å². The smallest absolute Gasteiger partial charge is 0.232 e. The number of ether oxygens (including phenoxy) is 4. The second-order valence-electron chi connectivity index (χ2n) is 6.15. The molecule has 0 unspecified atom stereocenters. The Morgan fingerprint density at radius 2 is 1.96 bits per heavy atom. The summed E-state index contributed by atoms with van der Waals surface area (Å²) < 4.78 is 27.3. The highest BCUT2D eigenvalue weighted by Crippen LogP contribution is 2.38. The Morgan fingerprint density at radius 1 is 1.21 bits per heavy atom. The molecule has 0 aliphatic carbocycles. The summed E-state index contributed by atoms with van der Waals surface area (Å²) in [7, 11) is 4.67. The minimum absolute atomic E-state index is 0.134. The number of benzene rings is 1. The van der Waals surface area contributed by atoms with E-state index in [0.717, 1.165) is 25.0 Å². The molecule has 0 bridgehead atoms. The molecule has 8 nitrogen and oxygen atoms in total. The van der Waals surface area contributed by atoms with Crippen LogP contribution in [0.15, 0.2) is 16.5 Å². The van der Waals surface area contributed by atoms with Crippen LogP contribution >= 0.6 is 0 Å². The topological polar surface area (TPSA) is 98.8 Å². The standard InChI is InChI=1S/C20H23N3O5/c1-24-16-9-13(10-17(25-2)19(16)26-3)6-7-18-23-15(11-21)20(28-18)22-12-14-5-4-8-27-14/h6-7,9-10,14,22H,4-5,8,12H2,1-3H3/b7-6+/t14-/m0/s1. The van der Waals surface area contributed by atoms with Crippen molar-refractivity contribution in [2.45, 2.75) is 18.9 Å². The lowest BCUT2D eigenvalue weighted by atomic mass is 10.1. The number of oxazole rings is 1. The average Bonchev–Trinajstić information content (AvgIpc) is 3.39. The Morgan fingerprint density at radius 3 is 2.54 bits per heavy atom. The molecule has 3 rings (SSSR count). The first kappa shape index (κ1) is 19.6. The van der Waals surface area contributed by atoms with Crippen molar-refractivity contribution in [2.75, 3.05) is 39.8 Å². The van der Waals surface area contributed by atoms with Crippen LogP contribution in [0, 0.1) is 11.3 Å². The summed E-state index contributed by atoms with van der Waals surface area (Å²) in [6.45, 7) is 1.36. The van der Waals surface area contributed by atoms with E-state index >= 15 is 0 Å². The van der Waals surface area contributed by atoms with Crippen molar-refractivity contribution < 1.29 is 23.4 Å². The predicted molar refractivity (Wildman–Crippen MR) is 104 cm³/mol. The van der Waals surface area contributed by atoms with Gasteiger partial charge in [0.15, 0.2) is 11.5 Å². The van der Waals surface area contributed by atoms with Crippen LogP contribution < -0.4 is 19.5 Å². The Labute approximate surface area is 163 Å². The lowest BCUT2D eigenvalue weighted by Gasteiger charge is -2.12. The van der Waals surface area contributed by atoms with Crippen molar-refractivity contribution in [3.63, 3.8) is 0 Å². The number of hydrogen-bond donors (Lipinski definition) is 1. The summed E-state index contributed by atoms with van der Waals surface area (Å²) in [4.78, 5) is 4.20. The van der Waals surface area contributed by atoms with Crippen LogP contribution in [0.1, 0.15) is 30.0 Å². The van der Waals surface area contributed by atoms with Crippen LogP contribution in [0.3, 0.4) is 0 Å². The van der Waals surface area contributed by atoms with Gasteiger partial charge >= 0.3 is 0 Å². The quantitative estimate of drug-likeness (QED) is 0.739. The highest BCUT2D eigenvalue weighted by atomic mass is 16.5. The third-order valence-corrected chi connectivity index (χ3v) is 4.37. The van der Waals surface area contributed by atoms with Crippen molar-refractivity contribution in [3.8, 4) is 23.3 Å². The molecule has 1 aliphatic rings. The van der Waals surface area contributed by atoms with E-state index in [9.17, 15) is 5.26 Å². The molecule has 1 aliphatic heterocycles. The summed E-state index contributed by atoms with van der Waals surface area (Å²) in [6, 6.07) is 5.66. The predicted octanol–water partition coefficient (Wildman–Crippen LogP) is 3.33. The summed E-state index contributed by atoms with van der Waals surface area (Å²) in [5.74, 6) is 2.28. The number of nitriles is 1. The second kappa shape index (κ2) is 9.15. The van der Waals surface area contributed by atoms with Gasteiger partial charge < -0.3 is 28.7 Å². The van der Waals surface area contributed by atoms with Gasteiger partial charge in [-0.1, -0.05) is 0 Å². The summed E-state index contributed by atoms with van der Waals surface area (Å²) in [5.41, 5.74) is 1.02. The fraction of sp³-hybridized carbons (Fsp3) is 0.400. The minimum atomic E-state index is 0.134. The Bertz CT molecular complexity index is 853. The fourth-order valence-electron chi connectivity index (χ4n) is 2.98. The van der Waals surface area contributed by atoms with E-state index in [1.807, 2.05) is 18.2 Å². The molecule has 0 saturated carbocycles. The van der Waals surface area contributed by atoms with E-state index in [-0.39, 0.29) is 11.8 Å². The molecular weight excluding hydrogens is 362 g/mol. The Kier molecular flexibility index (Phi) is 6.40. The molecule has 28 heavy (non-hydrogen) atoms. The molecule has 1 atom stereocenters.